The molecule has 1 amide bonds. The molecular weight excluding hydrogens is 338 g/mol. The van der Waals surface area contributed by atoms with E-state index in [-0.39, 0.29) is 6.61 Å². The van der Waals surface area contributed by atoms with E-state index in [1.807, 2.05) is 24.8 Å². The molecule has 1 aliphatic rings. The van der Waals surface area contributed by atoms with Gasteiger partial charge in [-0.25, -0.2) is 10.4 Å². The Balaban J connectivity index is 1.52. The monoisotopic (exact) mass is 359 g/mol. The highest BCUT2D eigenvalue weighted by atomic mass is 16.5. The maximum atomic E-state index is 11.8. The van der Waals surface area contributed by atoms with Gasteiger partial charge < -0.3 is 18.8 Å². The van der Waals surface area contributed by atoms with Crippen LogP contribution >= 0.6 is 0 Å². The number of aromatic nitrogens is 2. The van der Waals surface area contributed by atoms with Crippen molar-refractivity contribution >= 4 is 18.1 Å². The SMILES string of the molecule is Cc1cc(OCC(=O)NN=Cc2ccc(C)o2)nc(N2CCOCC2)n1. The molecule has 0 saturated carbocycles. The Bertz CT molecular complexity index is 783. The number of hydrogen-bond donors (Lipinski definition) is 1. The Labute approximate surface area is 151 Å². The Kier molecular flexibility index (Phi) is 5.80. The smallest absolute Gasteiger partial charge is 0.278 e. The van der Waals surface area contributed by atoms with Crippen LogP contribution in [0.2, 0.25) is 0 Å². The molecule has 3 rings (SSSR count). The minimum absolute atomic E-state index is 0.201. The second-order valence-corrected chi connectivity index (χ2v) is 5.78. The highest BCUT2D eigenvalue weighted by Gasteiger charge is 2.15. The summed E-state index contributed by atoms with van der Waals surface area (Å²) >= 11 is 0. The van der Waals surface area contributed by atoms with Crippen LogP contribution in [0.25, 0.3) is 0 Å². The van der Waals surface area contributed by atoms with Crippen molar-refractivity contribution in [2.24, 2.45) is 5.10 Å². The highest BCUT2D eigenvalue weighted by Crippen LogP contribution is 2.16. The molecule has 1 fully saturated rings. The number of anilines is 1. The number of rotatable bonds is 6. The summed E-state index contributed by atoms with van der Waals surface area (Å²) in [4.78, 5) is 22.6. The van der Waals surface area contributed by atoms with Crippen LogP contribution in [-0.4, -0.2) is 55.0 Å². The largest absolute Gasteiger partial charge is 0.467 e. The topological polar surface area (TPSA) is 102 Å². The Morgan fingerprint density at radius 1 is 1.35 bits per heavy atom. The Hall–Kier alpha value is -2.94. The summed E-state index contributed by atoms with van der Waals surface area (Å²) < 4.78 is 16.1. The van der Waals surface area contributed by atoms with Gasteiger partial charge in [0, 0.05) is 24.8 Å². The Morgan fingerprint density at radius 2 is 2.15 bits per heavy atom. The van der Waals surface area contributed by atoms with E-state index in [0.717, 1.165) is 24.5 Å². The number of nitrogens with zero attached hydrogens (tertiary/aromatic N) is 4. The standard InChI is InChI=1S/C17H21N5O4/c1-12-9-16(20-17(19-12)22-5-7-24-8-6-22)25-11-15(23)21-18-10-14-4-3-13(2)26-14/h3-4,9-10H,5-8,11H2,1-2H3,(H,21,23). The van der Waals surface area contributed by atoms with Gasteiger partial charge >= 0.3 is 0 Å². The fourth-order valence-corrected chi connectivity index (χ4v) is 2.37. The lowest BCUT2D eigenvalue weighted by atomic mass is 10.4. The van der Waals surface area contributed by atoms with E-state index in [9.17, 15) is 4.79 Å². The normalized spacial score (nSPS) is 14.6. The summed E-state index contributed by atoms with van der Waals surface area (Å²) in [6.07, 6.45) is 1.43. The first kappa shape index (κ1) is 17.9. The van der Waals surface area contributed by atoms with Crippen LogP contribution in [-0.2, 0) is 9.53 Å². The van der Waals surface area contributed by atoms with E-state index in [2.05, 4.69) is 20.5 Å². The molecule has 1 N–H and O–H groups in total. The van der Waals surface area contributed by atoms with Crippen LogP contribution in [0.4, 0.5) is 5.95 Å². The summed E-state index contributed by atoms with van der Waals surface area (Å²) in [7, 11) is 0. The second kappa shape index (κ2) is 8.43. The maximum Gasteiger partial charge on any atom is 0.278 e. The number of nitrogens with one attached hydrogen (secondary N) is 1. The van der Waals surface area contributed by atoms with E-state index >= 15 is 0 Å². The van der Waals surface area contributed by atoms with Crippen molar-refractivity contribution in [1.82, 2.24) is 15.4 Å². The summed E-state index contributed by atoms with van der Waals surface area (Å²) in [5.41, 5.74) is 3.15. The van der Waals surface area contributed by atoms with Crippen LogP contribution in [0.3, 0.4) is 0 Å². The van der Waals surface area contributed by atoms with Gasteiger partial charge in [0.15, 0.2) is 6.61 Å². The molecular formula is C17H21N5O4. The van der Waals surface area contributed by atoms with E-state index in [1.165, 1.54) is 6.21 Å². The average molecular weight is 359 g/mol. The Morgan fingerprint density at radius 3 is 2.88 bits per heavy atom. The minimum atomic E-state index is -0.395. The predicted molar refractivity (Wildman–Crippen MR) is 94.5 cm³/mol. The van der Waals surface area contributed by atoms with Crippen molar-refractivity contribution in [3.63, 3.8) is 0 Å². The molecule has 0 aliphatic carbocycles. The van der Waals surface area contributed by atoms with Gasteiger partial charge in [0.2, 0.25) is 11.8 Å². The lowest BCUT2D eigenvalue weighted by Gasteiger charge is -2.27. The highest BCUT2D eigenvalue weighted by molar-refractivity contribution is 5.81. The summed E-state index contributed by atoms with van der Waals surface area (Å²) in [5.74, 6) is 1.87. The summed E-state index contributed by atoms with van der Waals surface area (Å²) in [6, 6.07) is 5.26. The van der Waals surface area contributed by atoms with E-state index in [0.29, 0.717) is 30.8 Å². The molecule has 26 heavy (non-hydrogen) atoms. The summed E-state index contributed by atoms with van der Waals surface area (Å²) in [6.45, 7) is 6.22. The average Bonchev–Trinajstić information content (AvgIpc) is 3.05. The van der Waals surface area contributed by atoms with Crippen LogP contribution in [0, 0.1) is 13.8 Å². The van der Waals surface area contributed by atoms with Crippen LogP contribution in [0.5, 0.6) is 5.88 Å². The fraction of sp³-hybridized carbons (Fsp3) is 0.412. The fourth-order valence-electron chi connectivity index (χ4n) is 2.37. The van der Waals surface area contributed by atoms with Gasteiger partial charge in [-0.05, 0) is 26.0 Å². The molecule has 2 aromatic rings. The van der Waals surface area contributed by atoms with Gasteiger partial charge in [-0.2, -0.15) is 10.1 Å². The number of amides is 1. The number of morpholine rings is 1. The van der Waals surface area contributed by atoms with E-state index in [1.54, 1.807) is 12.1 Å². The number of carbonyl (C=O) groups is 1. The lowest BCUT2D eigenvalue weighted by Crippen LogP contribution is -2.37. The van der Waals surface area contributed by atoms with Crippen molar-refractivity contribution in [1.29, 1.82) is 0 Å². The third-order valence-electron chi connectivity index (χ3n) is 3.61. The molecule has 0 aromatic carbocycles. The molecule has 1 aliphatic heterocycles. The van der Waals surface area contributed by atoms with Gasteiger partial charge in [-0.3, -0.25) is 4.79 Å². The number of carbonyl (C=O) groups excluding carboxylic acids is 1. The van der Waals surface area contributed by atoms with Crippen molar-refractivity contribution in [3.05, 3.63) is 35.4 Å². The number of furan rings is 1. The molecule has 3 heterocycles. The molecule has 9 nitrogen and oxygen atoms in total. The molecule has 0 unspecified atom stereocenters. The van der Waals surface area contributed by atoms with Crippen molar-refractivity contribution in [2.75, 3.05) is 37.8 Å². The maximum absolute atomic E-state index is 11.8. The molecule has 0 bridgehead atoms. The quantitative estimate of drug-likeness (QED) is 0.607. The molecule has 0 spiro atoms. The van der Waals surface area contributed by atoms with Crippen molar-refractivity contribution in [3.8, 4) is 5.88 Å². The van der Waals surface area contributed by atoms with Crippen molar-refractivity contribution in [2.45, 2.75) is 13.8 Å². The second-order valence-electron chi connectivity index (χ2n) is 5.78. The zero-order valence-electron chi connectivity index (χ0n) is 14.8. The summed E-state index contributed by atoms with van der Waals surface area (Å²) in [5, 5.41) is 3.82. The first-order valence-electron chi connectivity index (χ1n) is 8.30. The zero-order valence-corrected chi connectivity index (χ0v) is 14.8. The third-order valence-corrected chi connectivity index (χ3v) is 3.61. The van der Waals surface area contributed by atoms with E-state index < -0.39 is 5.91 Å². The number of hydrazone groups is 1. The lowest BCUT2D eigenvalue weighted by molar-refractivity contribution is -0.123. The third kappa shape index (κ3) is 5.03. The van der Waals surface area contributed by atoms with Gasteiger partial charge in [0.1, 0.15) is 11.5 Å². The van der Waals surface area contributed by atoms with Crippen LogP contribution in [0.1, 0.15) is 17.2 Å². The van der Waals surface area contributed by atoms with E-state index in [4.69, 9.17) is 13.9 Å². The minimum Gasteiger partial charge on any atom is -0.467 e. The molecule has 0 atom stereocenters. The number of ether oxygens (including phenoxy) is 2. The molecule has 0 radical (unpaired) electrons. The number of aryl methyl sites for hydroxylation is 2. The van der Waals surface area contributed by atoms with Gasteiger partial charge in [-0.15, -0.1) is 0 Å². The van der Waals surface area contributed by atoms with Gasteiger partial charge in [0.25, 0.3) is 5.91 Å². The van der Waals surface area contributed by atoms with Crippen molar-refractivity contribution < 1.29 is 18.7 Å². The van der Waals surface area contributed by atoms with Crippen LogP contribution < -0.4 is 15.1 Å². The first-order valence-corrected chi connectivity index (χ1v) is 8.30. The molecule has 138 valence electrons. The number of hydrogen-bond acceptors (Lipinski definition) is 8. The molecule has 9 heteroatoms. The zero-order chi connectivity index (χ0) is 18.4. The van der Waals surface area contributed by atoms with Crippen LogP contribution in [0.15, 0.2) is 27.7 Å². The molecule has 2 aromatic heterocycles. The van der Waals surface area contributed by atoms with Gasteiger partial charge in [0.05, 0.1) is 19.4 Å². The van der Waals surface area contributed by atoms with Gasteiger partial charge in [-0.1, -0.05) is 0 Å². The first-order chi connectivity index (χ1) is 12.6. The molecule has 1 saturated heterocycles. The predicted octanol–water partition coefficient (Wildman–Crippen LogP) is 1.05.